The third kappa shape index (κ3) is 4.55. The van der Waals surface area contributed by atoms with Crippen molar-refractivity contribution in [2.75, 3.05) is 20.8 Å². The Morgan fingerprint density at radius 1 is 1.00 bits per heavy atom. The van der Waals surface area contributed by atoms with Crippen LogP contribution in [0.4, 0.5) is 0 Å². The molecule has 0 radical (unpaired) electrons. The van der Waals surface area contributed by atoms with Crippen LogP contribution < -0.4 is 14.2 Å². The Labute approximate surface area is 152 Å². The fraction of sp³-hybridized carbons (Fsp3) is 0.250. The van der Waals surface area contributed by atoms with Crippen LogP contribution in [0.2, 0.25) is 0 Å². The van der Waals surface area contributed by atoms with Gasteiger partial charge in [-0.3, -0.25) is 0 Å². The van der Waals surface area contributed by atoms with Gasteiger partial charge in [-0.15, -0.1) is 0 Å². The van der Waals surface area contributed by atoms with Crippen LogP contribution in [-0.4, -0.2) is 41.6 Å². The Kier molecular flexibility index (Phi) is 5.76. The van der Waals surface area contributed by atoms with Gasteiger partial charge in [-0.1, -0.05) is 30.3 Å². The maximum atomic E-state index is 10.3. The largest absolute Gasteiger partial charge is 0.496 e. The molecule has 0 saturated carbocycles. The zero-order valence-corrected chi connectivity index (χ0v) is 14.8. The third-order valence-corrected chi connectivity index (χ3v) is 3.89. The van der Waals surface area contributed by atoms with Gasteiger partial charge in [-0.2, -0.15) is 0 Å². The first-order valence-corrected chi connectivity index (χ1v) is 8.29. The molecule has 0 fully saturated rings. The number of methoxy groups -OCH3 is 2. The highest BCUT2D eigenvalue weighted by molar-refractivity contribution is 5.57. The number of benzene rings is 2. The molecule has 6 heteroatoms. The normalized spacial score (nSPS) is 11.8. The van der Waals surface area contributed by atoms with Crippen LogP contribution in [0.1, 0.15) is 0 Å². The van der Waals surface area contributed by atoms with Gasteiger partial charge in [0.2, 0.25) is 0 Å². The van der Waals surface area contributed by atoms with Gasteiger partial charge in [-0.25, -0.2) is 4.98 Å². The Morgan fingerprint density at radius 2 is 1.65 bits per heavy atom. The molecule has 0 unspecified atom stereocenters. The van der Waals surface area contributed by atoms with Gasteiger partial charge < -0.3 is 23.9 Å². The van der Waals surface area contributed by atoms with E-state index in [2.05, 4.69) is 4.98 Å². The molecule has 136 valence electrons. The first-order chi connectivity index (χ1) is 12.7. The highest BCUT2D eigenvalue weighted by atomic mass is 16.5. The van der Waals surface area contributed by atoms with Crippen molar-refractivity contribution in [3.63, 3.8) is 0 Å². The average Bonchev–Trinajstić information content (AvgIpc) is 3.15. The van der Waals surface area contributed by atoms with E-state index in [1.165, 1.54) is 0 Å². The summed E-state index contributed by atoms with van der Waals surface area (Å²) >= 11 is 0. The Bertz CT molecular complexity index is 811. The monoisotopic (exact) mass is 354 g/mol. The van der Waals surface area contributed by atoms with Crippen LogP contribution in [0, 0.1) is 0 Å². The van der Waals surface area contributed by atoms with Crippen molar-refractivity contribution in [3.05, 3.63) is 61.1 Å². The first-order valence-electron chi connectivity index (χ1n) is 8.29. The molecule has 1 aromatic heterocycles. The van der Waals surface area contributed by atoms with Gasteiger partial charge in [-0.05, 0) is 0 Å². The predicted octanol–water partition coefficient (Wildman–Crippen LogP) is 3.01. The minimum absolute atomic E-state index is 0.148. The molecule has 0 saturated heterocycles. The van der Waals surface area contributed by atoms with E-state index in [4.69, 9.17) is 14.2 Å². The van der Waals surface area contributed by atoms with Crippen LogP contribution in [0.3, 0.4) is 0 Å². The molecular weight excluding hydrogens is 332 g/mol. The molecule has 3 aromatic rings. The van der Waals surface area contributed by atoms with E-state index in [1.807, 2.05) is 41.1 Å². The van der Waals surface area contributed by atoms with Gasteiger partial charge in [0.15, 0.2) is 0 Å². The van der Waals surface area contributed by atoms with Crippen molar-refractivity contribution in [2.45, 2.75) is 12.6 Å². The van der Waals surface area contributed by atoms with Crippen LogP contribution in [0.15, 0.2) is 61.1 Å². The SMILES string of the molecule is COc1cc(OC)cc(OC[C@@H](O)Cn2cnc(-c3ccccc3)c2)c1. The van der Waals surface area contributed by atoms with E-state index in [-0.39, 0.29) is 6.61 Å². The summed E-state index contributed by atoms with van der Waals surface area (Å²) in [4.78, 5) is 4.38. The number of hydrogen-bond acceptors (Lipinski definition) is 5. The Balaban J connectivity index is 1.58. The van der Waals surface area contributed by atoms with Crippen molar-refractivity contribution in [2.24, 2.45) is 0 Å². The minimum atomic E-state index is -0.676. The molecular formula is C20H22N2O4. The zero-order valence-electron chi connectivity index (χ0n) is 14.8. The lowest BCUT2D eigenvalue weighted by molar-refractivity contribution is 0.0922. The number of aromatic nitrogens is 2. The summed E-state index contributed by atoms with van der Waals surface area (Å²) in [5.74, 6) is 1.85. The Hall–Kier alpha value is -2.99. The molecule has 0 aliphatic rings. The lowest BCUT2D eigenvalue weighted by atomic mass is 10.2. The van der Waals surface area contributed by atoms with E-state index in [0.29, 0.717) is 23.8 Å². The lowest BCUT2D eigenvalue weighted by Gasteiger charge is -2.14. The number of imidazole rings is 1. The van der Waals surface area contributed by atoms with Crippen LogP contribution in [0.5, 0.6) is 17.2 Å². The van der Waals surface area contributed by atoms with E-state index in [1.54, 1.807) is 38.7 Å². The number of nitrogens with zero attached hydrogens (tertiary/aromatic N) is 2. The number of ether oxygens (including phenoxy) is 3. The van der Waals surface area contributed by atoms with Crippen LogP contribution in [0.25, 0.3) is 11.3 Å². The summed E-state index contributed by atoms with van der Waals surface area (Å²) in [7, 11) is 3.16. The Morgan fingerprint density at radius 3 is 2.31 bits per heavy atom. The second-order valence-corrected chi connectivity index (χ2v) is 5.83. The number of rotatable bonds is 8. The lowest BCUT2D eigenvalue weighted by Crippen LogP contribution is -2.23. The number of aliphatic hydroxyl groups excluding tert-OH is 1. The molecule has 0 bridgehead atoms. The fourth-order valence-corrected chi connectivity index (χ4v) is 2.57. The summed E-state index contributed by atoms with van der Waals surface area (Å²) < 4.78 is 17.9. The first kappa shape index (κ1) is 17.8. The number of aliphatic hydroxyl groups is 1. The highest BCUT2D eigenvalue weighted by Gasteiger charge is 2.10. The van der Waals surface area contributed by atoms with Gasteiger partial charge in [0.05, 0.1) is 32.8 Å². The summed E-state index contributed by atoms with van der Waals surface area (Å²) in [5, 5.41) is 10.3. The van der Waals surface area contributed by atoms with Gasteiger partial charge in [0.25, 0.3) is 0 Å². The molecule has 0 spiro atoms. The summed E-state index contributed by atoms with van der Waals surface area (Å²) in [5.41, 5.74) is 1.91. The van der Waals surface area contributed by atoms with Crippen molar-refractivity contribution >= 4 is 0 Å². The number of hydrogen-bond donors (Lipinski definition) is 1. The van der Waals surface area contributed by atoms with E-state index in [0.717, 1.165) is 11.3 Å². The second-order valence-electron chi connectivity index (χ2n) is 5.83. The van der Waals surface area contributed by atoms with Crippen molar-refractivity contribution in [1.82, 2.24) is 9.55 Å². The summed E-state index contributed by atoms with van der Waals surface area (Å²) in [6, 6.07) is 15.2. The molecule has 2 aromatic carbocycles. The topological polar surface area (TPSA) is 65.7 Å². The van der Waals surface area contributed by atoms with Crippen LogP contribution >= 0.6 is 0 Å². The van der Waals surface area contributed by atoms with E-state index < -0.39 is 6.10 Å². The molecule has 0 amide bonds. The van der Waals surface area contributed by atoms with Crippen molar-refractivity contribution in [3.8, 4) is 28.5 Å². The standard InChI is InChI=1S/C20H22N2O4/c1-24-17-8-18(25-2)10-19(9-17)26-13-16(23)11-22-12-20(21-14-22)15-6-4-3-5-7-15/h3-10,12,14,16,23H,11,13H2,1-2H3/t16-/m0/s1. The predicted molar refractivity (Wildman–Crippen MR) is 98.7 cm³/mol. The summed E-state index contributed by atoms with van der Waals surface area (Å²) in [6.45, 7) is 0.538. The van der Waals surface area contributed by atoms with Crippen molar-refractivity contribution in [1.29, 1.82) is 0 Å². The molecule has 26 heavy (non-hydrogen) atoms. The van der Waals surface area contributed by atoms with Crippen molar-refractivity contribution < 1.29 is 19.3 Å². The maximum absolute atomic E-state index is 10.3. The smallest absolute Gasteiger partial charge is 0.126 e. The third-order valence-electron chi connectivity index (χ3n) is 3.89. The van der Waals surface area contributed by atoms with Crippen LogP contribution in [-0.2, 0) is 6.54 Å². The van der Waals surface area contributed by atoms with E-state index in [9.17, 15) is 5.11 Å². The second kappa shape index (κ2) is 8.40. The molecule has 1 atom stereocenters. The fourth-order valence-electron chi connectivity index (χ4n) is 2.57. The highest BCUT2D eigenvalue weighted by Crippen LogP contribution is 2.27. The van der Waals surface area contributed by atoms with Gasteiger partial charge in [0.1, 0.15) is 30.0 Å². The summed E-state index contributed by atoms with van der Waals surface area (Å²) in [6.07, 6.45) is 2.94. The van der Waals surface area contributed by atoms with E-state index >= 15 is 0 Å². The average molecular weight is 354 g/mol. The minimum Gasteiger partial charge on any atom is -0.496 e. The molecule has 0 aliphatic heterocycles. The maximum Gasteiger partial charge on any atom is 0.126 e. The molecule has 3 rings (SSSR count). The quantitative estimate of drug-likeness (QED) is 0.674. The van der Waals surface area contributed by atoms with Gasteiger partial charge in [0, 0.05) is 30.0 Å². The molecule has 1 N–H and O–H groups in total. The molecule has 0 aliphatic carbocycles. The zero-order chi connectivity index (χ0) is 18.4. The molecule has 1 heterocycles. The van der Waals surface area contributed by atoms with Gasteiger partial charge >= 0.3 is 0 Å². The molecule has 6 nitrogen and oxygen atoms in total.